The Labute approximate surface area is 259 Å². The second-order valence-electron chi connectivity index (χ2n) is 12.5. The molecule has 3 aliphatic rings. The fourth-order valence-corrected chi connectivity index (χ4v) is 8.26. The zero-order valence-corrected chi connectivity index (χ0v) is 27.4. The largest absolute Gasteiger partial charge is 0.444 e. The lowest BCUT2D eigenvalue weighted by Gasteiger charge is -2.39. The number of halogens is 3. The van der Waals surface area contributed by atoms with Gasteiger partial charge in [-0.05, 0) is 122 Å². The molecule has 3 atom stereocenters. The fraction of sp³-hybridized carbons (Fsp3) is 0.581. The first-order chi connectivity index (χ1) is 19.0. The molecule has 9 heteroatoms. The van der Waals surface area contributed by atoms with Crippen LogP contribution in [0.3, 0.4) is 0 Å². The van der Waals surface area contributed by atoms with Gasteiger partial charge < -0.3 is 15.0 Å². The molecule has 2 amide bonds. The maximum atomic E-state index is 13.6. The highest BCUT2D eigenvalue weighted by molar-refractivity contribution is 9.10. The molecule has 2 heterocycles. The summed E-state index contributed by atoms with van der Waals surface area (Å²) in [5.74, 6) is 0.700. The van der Waals surface area contributed by atoms with E-state index in [1.807, 2.05) is 33.0 Å². The summed E-state index contributed by atoms with van der Waals surface area (Å²) in [7, 11) is 0. The van der Waals surface area contributed by atoms with Crippen molar-refractivity contribution in [3.05, 3.63) is 60.7 Å². The molecule has 1 aliphatic heterocycles. The van der Waals surface area contributed by atoms with E-state index in [1.54, 1.807) is 0 Å². The zero-order chi connectivity index (χ0) is 28.6. The number of pyridine rings is 1. The number of alkyl carbamates (subject to hydrolysis) is 1. The van der Waals surface area contributed by atoms with Crippen molar-refractivity contribution in [3.63, 3.8) is 0 Å². The van der Waals surface area contributed by atoms with Crippen LogP contribution < -0.4 is 5.32 Å². The van der Waals surface area contributed by atoms with Crippen LogP contribution in [0.2, 0.25) is 5.02 Å². The number of aryl methyl sites for hydroxylation is 2. The summed E-state index contributed by atoms with van der Waals surface area (Å²) in [5.41, 5.74) is 4.47. The molecular weight excluding hydrogens is 658 g/mol. The minimum Gasteiger partial charge on any atom is -0.444 e. The van der Waals surface area contributed by atoms with Gasteiger partial charge in [-0.25, -0.2) is 4.79 Å². The number of hydrogen-bond donors (Lipinski definition) is 1. The Morgan fingerprint density at radius 2 is 1.77 bits per heavy atom. The maximum absolute atomic E-state index is 13.6. The van der Waals surface area contributed by atoms with Gasteiger partial charge in [0.15, 0.2) is 0 Å². The summed E-state index contributed by atoms with van der Waals surface area (Å²) < 4.78 is 7.48. The van der Waals surface area contributed by atoms with Crippen LogP contribution in [0.4, 0.5) is 4.79 Å². The van der Waals surface area contributed by atoms with Gasteiger partial charge in [0.1, 0.15) is 5.60 Å². The molecule has 1 aromatic carbocycles. The van der Waals surface area contributed by atoms with E-state index in [0.717, 1.165) is 77.7 Å². The predicted molar refractivity (Wildman–Crippen MR) is 165 cm³/mol. The van der Waals surface area contributed by atoms with Gasteiger partial charge in [0, 0.05) is 51.1 Å². The number of likely N-dealkylation sites (tertiary alicyclic amines) is 1. The maximum Gasteiger partial charge on any atom is 0.407 e. The van der Waals surface area contributed by atoms with E-state index in [9.17, 15) is 9.59 Å². The van der Waals surface area contributed by atoms with Crippen LogP contribution >= 0.6 is 43.5 Å². The van der Waals surface area contributed by atoms with E-state index in [0.29, 0.717) is 12.3 Å². The summed E-state index contributed by atoms with van der Waals surface area (Å²) in [4.78, 5) is 32.9. The Balaban J connectivity index is 1.28. The van der Waals surface area contributed by atoms with E-state index in [-0.39, 0.29) is 23.8 Å². The monoisotopic (exact) mass is 693 g/mol. The van der Waals surface area contributed by atoms with Crippen molar-refractivity contribution in [1.82, 2.24) is 15.2 Å². The minimum atomic E-state index is -0.537. The normalized spacial score (nSPS) is 23.6. The number of hydrogen-bond acceptors (Lipinski definition) is 4. The molecule has 2 unspecified atom stereocenters. The van der Waals surface area contributed by atoms with Gasteiger partial charge >= 0.3 is 6.09 Å². The molecular formula is C31H38Br2ClN3O3. The second kappa shape index (κ2) is 12.3. The van der Waals surface area contributed by atoms with Crippen molar-refractivity contribution in [2.24, 2.45) is 11.8 Å². The van der Waals surface area contributed by atoms with Gasteiger partial charge in [-0.2, -0.15) is 0 Å². The Kier molecular flexibility index (Phi) is 9.18. The van der Waals surface area contributed by atoms with E-state index in [2.05, 4.69) is 54.2 Å². The number of nitrogens with one attached hydrogen (secondary N) is 1. The highest BCUT2D eigenvalue weighted by Gasteiger charge is 2.38. The van der Waals surface area contributed by atoms with Crippen LogP contribution in [0.25, 0.3) is 0 Å². The smallest absolute Gasteiger partial charge is 0.407 e. The Hall–Kier alpha value is -1.64. The third-order valence-electron chi connectivity index (χ3n) is 8.48. The van der Waals surface area contributed by atoms with E-state index in [4.69, 9.17) is 21.3 Å². The summed E-state index contributed by atoms with van der Waals surface area (Å²) in [6, 6.07) is 6.29. The highest BCUT2D eigenvalue weighted by atomic mass is 79.9. The van der Waals surface area contributed by atoms with Crippen LogP contribution in [0.15, 0.2) is 33.3 Å². The number of nitrogens with zero attached hydrogens (tertiary/aromatic N) is 2. The van der Waals surface area contributed by atoms with Gasteiger partial charge in [0.05, 0.1) is 5.69 Å². The van der Waals surface area contributed by atoms with Crippen molar-refractivity contribution in [1.29, 1.82) is 0 Å². The number of benzene rings is 1. The zero-order valence-electron chi connectivity index (χ0n) is 23.4. The predicted octanol–water partition coefficient (Wildman–Crippen LogP) is 7.81. The van der Waals surface area contributed by atoms with Gasteiger partial charge in [0.25, 0.3) is 0 Å². The first-order valence-electron chi connectivity index (χ1n) is 14.4. The molecule has 2 aromatic rings. The second-order valence-corrected chi connectivity index (χ2v) is 14.7. The quantitative estimate of drug-likeness (QED) is 0.356. The molecule has 1 aromatic heterocycles. The fourth-order valence-electron chi connectivity index (χ4n) is 6.76. The number of fused-ring (bicyclic) bond motifs is 2. The first kappa shape index (κ1) is 29.8. The van der Waals surface area contributed by atoms with Crippen LogP contribution in [-0.4, -0.2) is 46.6 Å². The van der Waals surface area contributed by atoms with E-state index < -0.39 is 11.7 Å². The van der Waals surface area contributed by atoms with Crippen molar-refractivity contribution in [3.8, 4) is 0 Å². The van der Waals surface area contributed by atoms with Crippen molar-refractivity contribution >= 4 is 55.5 Å². The molecule has 2 aliphatic carbocycles. The van der Waals surface area contributed by atoms with Gasteiger partial charge in [0.2, 0.25) is 5.91 Å². The molecule has 0 spiro atoms. The molecule has 5 rings (SSSR count). The lowest BCUT2D eigenvalue weighted by Crippen LogP contribution is -2.47. The molecule has 1 N–H and O–H groups in total. The Morgan fingerprint density at radius 3 is 2.50 bits per heavy atom. The van der Waals surface area contributed by atoms with Crippen LogP contribution in [-0.2, 0) is 22.4 Å². The summed E-state index contributed by atoms with van der Waals surface area (Å²) in [5, 5.41) is 3.74. The summed E-state index contributed by atoms with van der Waals surface area (Å²) >= 11 is 13.9. The molecule has 216 valence electrons. The van der Waals surface area contributed by atoms with Gasteiger partial charge in [-0.1, -0.05) is 34.0 Å². The van der Waals surface area contributed by atoms with Crippen molar-refractivity contribution in [2.75, 3.05) is 13.1 Å². The molecule has 1 saturated carbocycles. The number of aromatic nitrogens is 1. The van der Waals surface area contributed by atoms with Gasteiger partial charge in [-0.15, -0.1) is 0 Å². The number of amides is 2. The van der Waals surface area contributed by atoms with Crippen LogP contribution in [0.5, 0.6) is 0 Å². The average molecular weight is 696 g/mol. The number of rotatable bonds is 3. The number of piperidine rings is 1. The van der Waals surface area contributed by atoms with Crippen molar-refractivity contribution < 1.29 is 14.3 Å². The third kappa shape index (κ3) is 6.87. The molecule has 6 nitrogen and oxygen atoms in total. The summed E-state index contributed by atoms with van der Waals surface area (Å²) in [6.07, 6.45) is 8.57. The lowest BCUT2D eigenvalue weighted by atomic mass is 9.76. The van der Waals surface area contributed by atoms with E-state index in [1.165, 1.54) is 16.7 Å². The molecule has 2 fully saturated rings. The number of carbonyl (C=O) groups excluding carboxylic acids is 2. The molecule has 1 saturated heterocycles. The molecule has 0 bridgehead atoms. The highest BCUT2D eigenvalue weighted by Crippen LogP contribution is 2.46. The Bertz CT molecular complexity index is 1270. The number of carbonyl (C=O) groups is 2. The van der Waals surface area contributed by atoms with E-state index >= 15 is 0 Å². The lowest BCUT2D eigenvalue weighted by molar-refractivity contribution is -0.138. The molecule has 0 radical (unpaired) electrons. The van der Waals surface area contributed by atoms with Crippen LogP contribution in [0.1, 0.15) is 87.6 Å². The van der Waals surface area contributed by atoms with Crippen LogP contribution in [0, 0.1) is 11.8 Å². The standard InChI is InChI=1S/C31H38Br2ClN3O3/c1-31(2,3)40-30(39)36-24-6-4-5-21(15-24)29(38)37-11-9-18(10-12-37)27-26-19(14-23(34)16-25(26)33)7-8-20-13-22(32)17-35-28(20)27/h13-14,16-18,21,24,27H,4-12,15H2,1-3H3,(H,36,39)/t21?,24?,27-/m1/s1. The SMILES string of the molecule is CC(C)(C)OC(=O)NC1CCCC(C(=O)N2CCC([C@H]3c4ncc(Br)cc4CCc4cc(Cl)cc(Br)c43)CC2)C1. The minimum absolute atomic E-state index is 0.0244. The average Bonchev–Trinajstić information content (AvgIpc) is 3.04. The Morgan fingerprint density at radius 1 is 1.05 bits per heavy atom. The van der Waals surface area contributed by atoms with Crippen molar-refractivity contribution in [2.45, 2.75) is 89.7 Å². The third-order valence-corrected chi connectivity index (χ3v) is 9.79. The molecule has 40 heavy (non-hydrogen) atoms. The summed E-state index contributed by atoms with van der Waals surface area (Å²) in [6.45, 7) is 7.07. The topological polar surface area (TPSA) is 71.5 Å². The first-order valence-corrected chi connectivity index (χ1v) is 16.4. The number of ether oxygens (including phenoxy) is 1. The van der Waals surface area contributed by atoms with Gasteiger partial charge in [-0.3, -0.25) is 9.78 Å².